The van der Waals surface area contributed by atoms with Crippen LogP contribution in [0.3, 0.4) is 0 Å². The van der Waals surface area contributed by atoms with Crippen LogP contribution in [0.15, 0.2) is 194 Å². The molecule has 0 saturated carbocycles. The number of rotatable bonds is 4. The number of benzene rings is 8. The van der Waals surface area contributed by atoms with E-state index >= 15 is 0 Å². The molecule has 12 rings (SSSR count). The summed E-state index contributed by atoms with van der Waals surface area (Å²) in [6.07, 6.45) is 6.89. The Morgan fingerprint density at radius 1 is 0.436 bits per heavy atom. The third-order valence-electron chi connectivity index (χ3n) is 11.8. The van der Waals surface area contributed by atoms with E-state index < -0.39 is 0 Å². The van der Waals surface area contributed by atoms with Gasteiger partial charge in [-0.3, -0.25) is 0 Å². The first kappa shape index (κ1) is 30.4. The highest BCUT2D eigenvalue weighted by Gasteiger charge is 2.33. The van der Waals surface area contributed by atoms with Gasteiger partial charge in [-0.2, -0.15) is 0 Å². The van der Waals surface area contributed by atoms with Crippen molar-refractivity contribution in [3.8, 4) is 28.3 Å². The van der Waals surface area contributed by atoms with Gasteiger partial charge in [0.25, 0.3) is 0 Å². The van der Waals surface area contributed by atoms with E-state index in [0.717, 1.165) is 5.75 Å². The Morgan fingerprint density at radius 3 is 2.00 bits per heavy atom. The van der Waals surface area contributed by atoms with Crippen LogP contribution in [0.25, 0.3) is 82.5 Å². The normalized spacial score (nSPS) is 16.2. The predicted molar refractivity (Wildman–Crippen MR) is 229 cm³/mol. The first-order chi connectivity index (χ1) is 27.3. The molecule has 0 spiro atoms. The molecule has 0 N–H and O–H groups in total. The van der Waals surface area contributed by atoms with Crippen LogP contribution in [0.2, 0.25) is 0 Å². The molecule has 0 fully saturated rings. The molecule has 10 aromatic rings. The smallest absolute Gasteiger partial charge is 0.128 e. The predicted octanol–water partition coefficient (Wildman–Crippen LogP) is 13.2. The van der Waals surface area contributed by atoms with E-state index in [9.17, 15) is 0 Å². The highest BCUT2D eigenvalue weighted by Crippen LogP contribution is 2.44. The summed E-state index contributed by atoms with van der Waals surface area (Å²) in [6.45, 7) is 0. The highest BCUT2D eigenvalue weighted by atomic mass is 16.5. The lowest BCUT2D eigenvalue weighted by atomic mass is 9.87. The van der Waals surface area contributed by atoms with E-state index in [2.05, 4.69) is 203 Å². The van der Waals surface area contributed by atoms with Gasteiger partial charge in [0.2, 0.25) is 0 Å². The molecule has 3 nitrogen and oxygen atoms in total. The van der Waals surface area contributed by atoms with E-state index in [-0.39, 0.29) is 12.0 Å². The number of hydrogen-bond donors (Lipinski definition) is 0. The van der Waals surface area contributed by atoms with Crippen LogP contribution in [-0.2, 0) is 0 Å². The third-order valence-corrected chi connectivity index (χ3v) is 11.8. The molecule has 2 unspecified atom stereocenters. The quantitative estimate of drug-likeness (QED) is 0.179. The topological polar surface area (TPSA) is 19.1 Å². The summed E-state index contributed by atoms with van der Waals surface area (Å²) in [4.78, 5) is 0. The number of aromatic nitrogens is 2. The Kier molecular flexibility index (Phi) is 6.46. The minimum atomic E-state index is 0.0226. The fraction of sp³-hybridized carbons (Fsp3) is 0.0385. The van der Waals surface area contributed by atoms with Gasteiger partial charge in [-0.15, -0.1) is 0 Å². The van der Waals surface area contributed by atoms with Gasteiger partial charge in [-0.05, 0) is 94.4 Å². The van der Waals surface area contributed by atoms with Crippen LogP contribution in [-0.4, -0.2) is 15.2 Å². The van der Waals surface area contributed by atoms with Crippen LogP contribution in [0.5, 0.6) is 5.75 Å². The molecule has 3 heterocycles. The zero-order valence-corrected chi connectivity index (χ0v) is 29.9. The zero-order chi connectivity index (χ0) is 36.0. The lowest BCUT2D eigenvalue weighted by Crippen LogP contribution is -2.17. The van der Waals surface area contributed by atoms with Crippen LogP contribution in [0.4, 0.5) is 0 Å². The second kappa shape index (κ2) is 11.7. The van der Waals surface area contributed by atoms with Crippen molar-refractivity contribution in [2.75, 3.05) is 0 Å². The molecule has 55 heavy (non-hydrogen) atoms. The number of allylic oxidation sites excluding steroid dienone is 2. The summed E-state index contributed by atoms with van der Waals surface area (Å²) in [5.74, 6) is 1.26. The monoisotopic (exact) mass is 702 g/mol. The third kappa shape index (κ3) is 4.57. The summed E-state index contributed by atoms with van der Waals surface area (Å²) in [5.41, 5.74) is 13.2. The van der Waals surface area contributed by atoms with Gasteiger partial charge in [-0.25, -0.2) is 0 Å². The number of nitrogens with zero attached hydrogens (tertiary/aromatic N) is 2. The van der Waals surface area contributed by atoms with Gasteiger partial charge in [0.05, 0.1) is 27.8 Å². The zero-order valence-electron chi connectivity index (χ0n) is 29.9. The highest BCUT2D eigenvalue weighted by molar-refractivity contribution is 6.13. The molecule has 0 amide bonds. The van der Waals surface area contributed by atoms with Crippen molar-refractivity contribution in [1.29, 1.82) is 0 Å². The molecule has 0 saturated heterocycles. The first-order valence-electron chi connectivity index (χ1n) is 19.1. The largest absolute Gasteiger partial charge is 0.485 e. The lowest BCUT2D eigenvalue weighted by molar-refractivity contribution is 0.269. The molecule has 8 aromatic carbocycles. The summed E-state index contributed by atoms with van der Waals surface area (Å²) < 4.78 is 11.2. The minimum absolute atomic E-state index is 0.0226. The van der Waals surface area contributed by atoms with E-state index in [0.29, 0.717) is 0 Å². The summed E-state index contributed by atoms with van der Waals surface area (Å²) in [5, 5.41) is 7.45. The molecule has 1 aliphatic heterocycles. The van der Waals surface area contributed by atoms with Crippen LogP contribution < -0.4 is 4.74 Å². The van der Waals surface area contributed by atoms with E-state index in [1.807, 2.05) is 0 Å². The molecule has 1 aliphatic carbocycles. The van der Waals surface area contributed by atoms with Gasteiger partial charge in [-0.1, -0.05) is 127 Å². The summed E-state index contributed by atoms with van der Waals surface area (Å²) in [7, 11) is 0. The van der Waals surface area contributed by atoms with Crippen LogP contribution in [0, 0.1) is 0 Å². The molecule has 258 valence electrons. The standard InChI is InChI=1S/C52H34N2O/c1-2-12-38(13-3-1)53-47-17-7-5-15-41(47)45-30-34(24-28-49(45)53)35-22-26-42-40-14-4-8-18-48(40)54(50(42)31-35)46-19-10-11-37-29-33(21-25-39(37)46)36-23-27-44-43-16-6-9-20-51(43)55-52(44)32-36/h1-32,44,52H. The second-order valence-corrected chi connectivity index (χ2v) is 14.8. The molecule has 2 aromatic heterocycles. The average molecular weight is 703 g/mol. The minimum Gasteiger partial charge on any atom is -0.485 e. The maximum absolute atomic E-state index is 6.37. The summed E-state index contributed by atoms with van der Waals surface area (Å²) >= 11 is 0. The lowest BCUT2D eigenvalue weighted by Gasteiger charge is -2.19. The number of hydrogen-bond acceptors (Lipinski definition) is 1. The van der Waals surface area contributed by atoms with Crippen molar-refractivity contribution in [1.82, 2.24) is 9.13 Å². The van der Waals surface area contributed by atoms with Gasteiger partial charge < -0.3 is 13.9 Å². The van der Waals surface area contributed by atoms with Crippen LogP contribution >= 0.6 is 0 Å². The fourth-order valence-corrected chi connectivity index (χ4v) is 9.30. The SMILES string of the molecule is C1=CC2c3ccccc3OC2C=C1c1ccc2c(-n3c4ccccc4c4ccc(-c5ccc6c(c5)c5ccccc5n6-c5ccccc5)cc43)cccc2c1. The number of ether oxygens (including phenoxy) is 1. The van der Waals surface area contributed by atoms with Crippen molar-refractivity contribution in [3.63, 3.8) is 0 Å². The molecule has 2 atom stereocenters. The van der Waals surface area contributed by atoms with Gasteiger partial charge in [0.1, 0.15) is 11.9 Å². The van der Waals surface area contributed by atoms with Crippen molar-refractivity contribution < 1.29 is 4.74 Å². The number of para-hydroxylation sites is 4. The Labute approximate surface area is 318 Å². The Morgan fingerprint density at radius 2 is 1.11 bits per heavy atom. The van der Waals surface area contributed by atoms with Crippen molar-refractivity contribution in [2.45, 2.75) is 12.0 Å². The molecular weight excluding hydrogens is 669 g/mol. The Hall–Kier alpha value is -7.10. The molecular formula is C52H34N2O. The summed E-state index contributed by atoms with van der Waals surface area (Å²) in [6, 6.07) is 64.1. The maximum Gasteiger partial charge on any atom is 0.128 e. The van der Waals surface area contributed by atoms with Crippen molar-refractivity contribution in [3.05, 3.63) is 205 Å². The molecule has 3 heteroatoms. The first-order valence-corrected chi connectivity index (χ1v) is 19.1. The molecule has 0 bridgehead atoms. The Bertz CT molecular complexity index is 3250. The van der Waals surface area contributed by atoms with Gasteiger partial charge >= 0.3 is 0 Å². The number of fused-ring (bicyclic) bond motifs is 10. The van der Waals surface area contributed by atoms with Crippen molar-refractivity contribution >= 4 is 60.0 Å². The van der Waals surface area contributed by atoms with E-state index in [4.69, 9.17) is 4.74 Å². The average Bonchev–Trinajstić information content (AvgIpc) is 3.90. The second-order valence-electron chi connectivity index (χ2n) is 14.8. The van der Waals surface area contributed by atoms with Crippen LogP contribution in [0.1, 0.15) is 17.0 Å². The maximum atomic E-state index is 6.37. The fourth-order valence-electron chi connectivity index (χ4n) is 9.30. The molecule has 0 radical (unpaired) electrons. The molecule has 2 aliphatic rings. The van der Waals surface area contributed by atoms with Gasteiger partial charge in [0, 0.05) is 44.1 Å². The Balaban J connectivity index is 0.991. The van der Waals surface area contributed by atoms with E-state index in [1.54, 1.807) is 0 Å². The van der Waals surface area contributed by atoms with E-state index in [1.165, 1.54) is 93.6 Å². The van der Waals surface area contributed by atoms with Gasteiger partial charge in [0.15, 0.2) is 0 Å². The van der Waals surface area contributed by atoms with Crippen molar-refractivity contribution in [2.24, 2.45) is 0 Å².